The molecule has 1 fully saturated rings. The molecule has 0 saturated heterocycles. The molecule has 85 heavy (non-hydrogen) atoms. The van der Waals surface area contributed by atoms with Crippen LogP contribution in [0.4, 0.5) is 0 Å². The van der Waals surface area contributed by atoms with Gasteiger partial charge in [-0.2, -0.15) is 5.10 Å². The van der Waals surface area contributed by atoms with Gasteiger partial charge in [0.25, 0.3) is 0 Å². The molecule has 0 radical (unpaired) electrons. The average molecular weight is 1100 g/mol. The molecule has 3 aromatic heterocycles. The number of rotatable bonds is 12. The van der Waals surface area contributed by atoms with E-state index in [0.717, 1.165) is 47.5 Å². The third-order valence-corrected chi connectivity index (χ3v) is 17.7. The van der Waals surface area contributed by atoms with Gasteiger partial charge in [0.05, 0.1) is 17.1 Å². The zero-order chi connectivity index (χ0) is 58.1. The molecule has 4 nitrogen and oxygen atoms in total. The van der Waals surface area contributed by atoms with E-state index < -0.39 is 0 Å². The summed E-state index contributed by atoms with van der Waals surface area (Å²) in [5.41, 5.74) is 26.6. The minimum atomic E-state index is -0.00327. The van der Waals surface area contributed by atoms with Crippen molar-refractivity contribution in [2.24, 2.45) is 0 Å². The van der Waals surface area contributed by atoms with Crippen LogP contribution in [0.1, 0.15) is 106 Å². The summed E-state index contributed by atoms with van der Waals surface area (Å²) < 4.78 is 1.96. The first-order chi connectivity index (χ1) is 41.4. The van der Waals surface area contributed by atoms with E-state index in [0.29, 0.717) is 0 Å². The Morgan fingerprint density at radius 2 is 0.671 bits per heavy atom. The Balaban J connectivity index is 0.978. The van der Waals surface area contributed by atoms with Crippen molar-refractivity contribution in [3.63, 3.8) is 0 Å². The summed E-state index contributed by atoms with van der Waals surface area (Å²) in [7, 11) is 0. The lowest BCUT2D eigenvalue weighted by molar-refractivity contribution is 0.353. The Bertz CT molecular complexity index is 4100. The predicted octanol–water partition coefficient (Wildman–Crippen LogP) is 21.4. The first-order valence-corrected chi connectivity index (χ1v) is 30.2. The molecule has 1 saturated carbocycles. The second kappa shape index (κ2) is 23.3. The monoisotopic (exact) mass is 1100 g/mol. The fraction of sp³-hybridized carbons (Fsp3) is 0.173. The second-order valence-corrected chi connectivity index (χ2v) is 25.2. The molecule has 2 unspecified atom stereocenters. The Morgan fingerprint density at radius 3 is 1.05 bits per heavy atom. The lowest BCUT2D eigenvalue weighted by Crippen LogP contribution is -2.21. The molecule has 2 atom stereocenters. The van der Waals surface area contributed by atoms with Crippen molar-refractivity contribution in [2.75, 3.05) is 0 Å². The topological polar surface area (TPSA) is 43.6 Å². The van der Waals surface area contributed by atoms with Crippen LogP contribution in [-0.4, -0.2) is 19.7 Å². The van der Waals surface area contributed by atoms with Gasteiger partial charge in [-0.05, 0) is 197 Å². The molecule has 0 aliphatic heterocycles. The van der Waals surface area contributed by atoms with Crippen LogP contribution >= 0.6 is 0 Å². The smallest absolute Gasteiger partial charge is 0.0705 e. The Morgan fingerprint density at radius 1 is 0.306 bits per heavy atom. The summed E-state index contributed by atoms with van der Waals surface area (Å²) in [5, 5.41) is 4.66. The molecule has 13 rings (SSSR count). The fourth-order valence-corrected chi connectivity index (χ4v) is 13.3. The van der Waals surface area contributed by atoms with E-state index in [9.17, 15) is 0 Å². The molecule has 12 aromatic rings. The molecule has 0 amide bonds. The third kappa shape index (κ3) is 11.4. The molecule has 0 N–H and O–H groups in total. The van der Waals surface area contributed by atoms with Crippen LogP contribution < -0.4 is 0 Å². The normalized spacial score (nSPS) is 15.4. The van der Waals surface area contributed by atoms with Crippen molar-refractivity contribution in [2.45, 2.75) is 89.4 Å². The number of aromatic nitrogens is 4. The lowest BCUT2D eigenvalue weighted by atomic mass is 9.66. The Hall–Kier alpha value is -9.51. The summed E-state index contributed by atoms with van der Waals surface area (Å²) in [5.74, 6) is 0.634. The maximum atomic E-state index is 4.97. The largest absolute Gasteiger partial charge is 0.256 e. The van der Waals surface area contributed by atoms with Crippen LogP contribution in [-0.2, 0) is 10.8 Å². The molecular weight excluding hydrogens is 1030 g/mol. The predicted molar refractivity (Wildman–Crippen MR) is 355 cm³/mol. The van der Waals surface area contributed by atoms with Crippen LogP contribution in [0.5, 0.6) is 0 Å². The van der Waals surface area contributed by atoms with Gasteiger partial charge >= 0.3 is 0 Å². The fourth-order valence-electron chi connectivity index (χ4n) is 13.3. The first-order valence-electron chi connectivity index (χ1n) is 30.2. The van der Waals surface area contributed by atoms with E-state index in [1.807, 2.05) is 35.5 Å². The van der Waals surface area contributed by atoms with Gasteiger partial charge in [-0.3, -0.25) is 9.97 Å². The highest BCUT2D eigenvalue weighted by atomic mass is 15.3. The third-order valence-electron chi connectivity index (χ3n) is 17.7. The minimum absolute atomic E-state index is 0.00327. The molecular formula is C81H72N4. The van der Waals surface area contributed by atoms with Crippen LogP contribution in [0.3, 0.4) is 0 Å². The van der Waals surface area contributed by atoms with E-state index in [1.165, 1.54) is 94.6 Å². The highest BCUT2D eigenvalue weighted by Crippen LogP contribution is 2.54. The summed E-state index contributed by atoms with van der Waals surface area (Å²) in [6.07, 6.45) is 10.8. The number of benzene rings is 9. The van der Waals surface area contributed by atoms with Gasteiger partial charge in [0, 0.05) is 35.9 Å². The van der Waals surface area contributed by atoms with Gasteiger partial charge in [0.1, 0.15) is 0 Å². The molecule has 4 heteroatoms. The standard InChI is InChI=1S/C81H72N4/c1-80(2,3)63-41-44-82-78(52-63)58-35-38-72(75(50-58)55-23-10-7-11-24-55)69-32-19-16-29-66(69)60-47-61(49-62(48-60)68-31-18-21-34-71(68)74-40-37-65(85-46-22-43-84-85)54-77(74)57-27-14-9-15-28-57)67-30-17-20-33-70(67)73-39-36-59(51-76(73)56-25-12-8-13-26-56)79-53-64(42-45-83-79)81(4,5)6/h7-46,50-54,60-62H,47-49H2,1-6H3. The summed E-state index contributed by atoms with van der Waals surface area (Å²) >= 11 is 0. The van der Waals surface area contributed by atoms with Crippen molar-refractivity contribution in [1.29, 1.82) is 0 Å². The van der Waals surface area contributed by atoms with Gasteiger partial charge in [0.15, 0.2) is 0 Å². The van der Waals surface area contributed by atoms with Crippen molar-refractivity contribution < 1.29 is 0 Å². The molecule has 1 aliphatic carbocycles. The molecule has 9 aromatic carbocycles. The number of pyridine rings is 2. The highest BCUT2D eigenvalue weighted by molar-refractivity contribution is 5.91. The van der Waals surface area contributed by atoms with Gasteiger partial charge < -0.3 is 0 Å². The van der Waals surface area contributed by atoms with Crippen LogP contribution in [0, 0.1) is 0 Å². The maximum Gasteiger partial charge on any atom is 0.0705 e. The van der Waals surface area contributed by atoms with E-state index in [1.54, 1.807) is 0 Å². The SMILES string of the molecule is CC(C)(C)c1ccnc(-c2ccc(-c3ccccc3C3CC(c4ccccc4-c4ccc(-c5cc(C(C)(C)C)ccn5)cc4-c4ccccc4)CC(c4ccccc4-c4ccc(-n5cccn5)cc4-c4ccccc4)C3)c(-c3ccccc3)c2)c1. The van der Waals surface area contributed by atoms with E-state index in [-0.39, 0.29) is 28.6 Å². The first kappa shape index (κ1) is 54.7. The van der Waals surface area contributed by atoms with Crippen molar-refractivity contribution in [1.82, 2.24) is 19.7 Å². The van der Waals surface area contributed by atoms with Crippen molar-refractivity contribution >= 4 is 0 Å². The number of hydrogen-bond donors (Lipinski definition) is 0. The Labute approximate surface area is 502 Å². The maximum absolute atomic E-state index is 4.97. The number of hydrogen-bond acceptors (Lipinski definition) is 3. The van der Waals surface area contributed by atoms with E-state index in [4.69, 9.17) is 9.97 Å². The minimum Gasteiger partial charge on any atom is -0.256 e. The zero-order valence-electron chi connectivity index (χ0n) is 49.6. The van der Waals surface area contributed by atoms with Crippen LogP contribution in [0.15, 0.2) is 274 Å². The van der Waals surface area contributed by atoms with E-state index in [2.05, 4.69) is 289 Å². The molecule has 416 valence electrons. The zero-order valence-corrected chi connectivity index (χ0v) is 49.6. The molecule has 0 spiro atoms. The Kier molecular flexibility index (Phi) is 15.0. The molecule has 3 heterocycles. The highest BCUT2D eigenvalue weighted by Gasteiger charge is 2.36. The van der Waals surface area contributed by atoms with Gasteiger partial charge in [-0.15, -0.1) is 0 Å². The quantitative estimate of drug-likeness (QED) is 0.122. The van der Waals surface area contributed by atoms with E-state index >= 15 is 0 Å². The van der Waals surface area contributed by atoms with Gasteiger partial charge in [0.2, 0.25) is 0 Å². The van der Waals surface area contributed by atoms with Crippen LogP contribution in [0.25, 0.3) is 95.0 Å². The second-order valence-electron chi connectivity index (χ2n) is 25.2. The molecule has 0 bridgehead atoms. The average Bonchev–Trinajstić information content (AvgIpc) is 2.33. The molecule has 1 aliphatic rings. The summed E-state index contributed by atoms with van der Waals surface area (Å²) in [6, 6.07) is 92.5. The summed E-state index contributed by atoms with van der Waals surface area (Å²) in [4.78, 5) is 9.93. The summed E-state index contributed by atoms with van der Waals surface area (Å²) in [6.45, 7) is 13.6. The van der Waals surface area contributed by atoms with Gasteiger partial charge in [-0.1, -0.05) is 236 Å². The number of nitrogens with zero attached hydrogens (tertiary/aromatic N) is 4. The van der Waals surface area contributed by atoms with Crippen molar-refractivity contribution in [3.05, 3.63) is 301 Å². The van der Waals surface area contributed by atoms with Crippen molar-refractivity contribution in [3.8, 4) is 95.0 Å². The lowest BCUT2D eigenvalue weighted by Gasteiger charge is -2.38. The van der Waals surface area contributed by atoms with Crippen LogP contribution in [0.2, 0.25) is 0 Å². The van der Waals surface area contributed by atoms with Gasteiger partial charge in [-0.25, -0.2) is 4.68 Å².